The summed E-state index contributed by atoms with van der Waals surface area (Å²) in [5.74, 6) is 0.149. The third-order valence-electron chi connectivity index (χ3n) is 2.14. The van der Waals surface area contributed by atoms with Gasteiger partial charge in [0.25, 0.3) is 5.69 Å². The van der Waals surface area contributed by atoms with Gasteiger partial charge < -0.3 is 10.9 Å². The van der Waals surface area contributed by atoms with Crippen molar-refractivity contribution in [3.63, 3.8) is 0 Å². The summed E-state index contributed by atoms with van der Waals surface area (Å²) in [5, 5.41) is 21.9. The fourth-order valence-electron chi connectivity index (χ4n) is 1.23. The third-order valence-corrected chi connectivity index (χ3v) is 3.55. The van der Waals surface area contributed by atoms with E-state index in [-0.39, 0.29) is 16.8 Å². The van der Waals surface area contributed by atoms with Crippen LogP contribution in [0, 0.1) is 10.1 Å². The number of nitrogens with zero attached hydrogens (tertiary/aromatic N) is 2. The minimum Gasteiger partial charge on any atom is -0.409 e. The highest BCUT2D eigenvalue weighted by Gasteiger charge is 2.14. The Kier molecular flexibility index (Phi) is 4.77. The Labute approximate surface area is 103 Å². The van der Waals surface area contributed by atoms with Gasteiger partial charge in [-0.3, -0.25) is 10.1 Å². The highest BCUT2D eigenvalue weighted by atomic mass is 32.2. The lowest BCUT2D eigenvalue weighted by Gasteiger charge is -2.12. The zero-order valence-corrected chi connectivity index (χ0v) is 10.1. The summed E-state index contributed by atoms with van der Waals surface area (Å²) in [4.78, 5) is 10.9. The summed E-state index contributed by atoms with van der Waals surface area (Å²) in [6.07, 6.45) is 0.706. The van der Waals surface area contributed by atoms with Crippen molar-refractivity contribution >= 4 is 23.3 Å². The van der Waals surface area contributed by atoms with E-state index in [1.165, 1.54) is 23.9 Å². The molecule has 1 aromatic carbocycles. The van der Waals surface area contributed by atoms with Gasteiger partial charge in [0.1, 0.15) is 0 Å². The molecule has 7 heteroatoms. The second-order valence-corrected chi connectivity index (χ2v) is 4.57. The Balaban J connectivity index is 2.77. The summed E-state index contributed by atoms with van der Waals surface area (Å²) in [5.41, 5.74) is 5.57. The third kappa shape index (κ3) is 3.63. The smallest absolute Gasteiger partial charge is 0.269 e. The van der Waals surface area contributed by atoms with E-state index in [1.54, 1.807) is 12.1 Å². The Morgan fingerprint density at radius 3 is 2.59 bits per heavy atom. The van der Waals surface area contributed by atoms with Gasteiger partial charge in [-0.15, -0.1) is 11.8 Å². The van der Waals surface area contributed by atoms with Gasteiger partial charge in [0, 0.05) is 17.0 Å². The summed E-state index contributed by atoms with van der Waals surface area (Å²) < 4.78 is 0. The number of oxime groups is 1. The predicted molar refractivity (Wildman–Crippen MR) is 66.4 cm³/mol. The minimum atomic E-state index is -0.449. The first-order chi connectivity index (χ1) is 8.08. The second kappa shape index (κ2) is 6.09. The molecule has 0 aliphatic carbocycles. The van der Waals surface area contributed by atoms with Crippen molar-refractivity contribution in [2.75, 3.05) is 0 Å². The Morgan fingerprint density at radius 1 is 1.59 bits per heavy atom. The molecule has 0 heterocycles. The topological polar surface area (TPSA) is 102 Å². The van der Waals surface area contributed by atoms with E-state index >= 15 is 0 Å². The van der Waals surface area contributed by atoms with Crippen LogP contribution in [0.3, 0.4) is 0 Å². The maximum absolute atomic E-state index is 10.5. The zero-order valence-electron chi connectivity index (χ0n) is 9.24. The molecular formula is C10H13N3O3S. The maximum Gasteiger partial charge on any atom is 0.269 e. The number of nitrogens with two attached hydrogens (primary N) is 1. The number of thioether (sulfide) groups is 1. The standard InChI is InChI=1S/C10H13N3O3S/c1-2-9(10(11)12-14)17-8-5-3-7(4-6-8)13(15)16/h3-6,9,14H,2H2,1H3,(H2,11,12). The monoisotopic (exact) mass is 255 g/mol. The minimum absolute atomic E-state index is 0.0474. The molecule has 0 spiro atoms. The molecule has 0 aromatic heterocycles. The molecular weight excluding hydrogens is 242 g/mol. The van der Waals surface area contributed by atoms with Crippen LogP contribution in [0.15, 0.2) is 34.3 Å². The molecule has 0 aliphatic heterocycles. The highest BCUT2D eigenvalue weighted by molar-refractivity contribution is 8.00. The quantitative estimate of drug-likeness (QED) is 0.210. The maximum atomic E-state index is 10.5. The average Bonchev–Trinajstić information content (AvgIpc) is 2.35. The van der Waals surface area contributed by atoms with Gasteiger partial charge >= 0.3 is 0 Å². The zero-order chi connectivity index (χ0) is 12.8. The Hall–Kier alpha value is -1.76. The SMILES string of the molecule is CCC(Sc1ccc([N+](=O)[O-])cc1)C(N)=NO. The van der Waals surface area contributed by atoms with Crippen LogP contribution in [0.4, 0.5) is 5.69 Å². The summed E-state index contributed by atoms with van der Waals surface area (Å²) in [6, 6.07) is 6.16. The van der Waals surface area contributed by atoms with Crippen LogP contribution >= 0.6 is 11.8 Å². The molecule has 1 aromatic rings. The molecule has 0 aliphatic rings. The van der Waals surface area contributed by atoms with Crippen molar-refractivity contribution in [3.8, 4) is 0 Å². The number of hydrogen-bond donors (Lipinski definition) is 2. The van der Waals surface area contributed by atoms with Gasteiger partial charge in [-0.25, -0.2) is 0 Å². The van der Waals surface area contributed by atoms with Crippen LogP contribution in [-0.4, -0.2) is 21.2 Å². The number of hydrogen-bond acceptors (Lipinski definition) is 5. The van der Waals surface area contributed by atoms with E-state index < -0.39 is 4.92 Å². The number of non-ortho nitro benzene ring substituents is 1. The van der Waals surface area contributed by atoms with Crippen LogP contribution in [-0.2, 0) is 0 Å². The van der Waals surface area contributed by atoms with Crippen molar-refractivity contribution in [2.45, 2.75) is 23.5 Å². The molecule has 0 fully saturated rings. The van der Waals surface area contributed by atoms with E-state index in [9.17, 15) is 10.1 Å². The van der Waals surface area contributed by atoms with Crippen molar-refractivity contribution in [2.24, 2.45) is 10.9 Å². The molecule has 0 saturated carbocycles. The summed E-state index contributed by atoms with van der Waals surface area (Å²) in [6.45, 7) is 1.92. The normalized spacial score (nSPS) is 13.4. The first-order valence-corrected chi connectivity index (χ1v) is 5.85. The van der Waals surface area contributed by atoms with Crippen LogP contribution in [0.1, 0.15) is 13.3 Å². The number of benzene rings is 1. The molecule has 17 heavy (non-hydrogen) atoms. The first kappa shape index (κ1) is 13.3. The molecule has 3 N–H and O–H groups in total. The van der Waals surface area contributed by atoms with Crippen LogP contribution < -0.4 is 5.73 Å². The molecule has 6 nitrogen and oxygen atoms in total. The molecule has 0 saturated heterocycles. The van der Waals surface area contributed by atoms with Gasteiger partial charge in [0.15, 0.2) is 5.84 Å². The van der Waals surface area contributed by atoms with Gasteiger partial charge in [-0.2, -0.15) is 0 Å². The predicted octanol–water partition coefficient (Wildman–Crippen LogP) is 2.21. The average molecular weight is 255 g/mol. The first-order valence-electron chi connectivity index (χ1n) is 4.97. The number of nitro benzene ring substituents is 1. The molecule has 0 radical (unpaired) electrons. The van der Waals surface area contributed by atoms with Crippen molar-refractivity contribution in [1.29, 1.82) is 0 Å². The lowest BCUT2D eigenvalue weighted by Crippen LogP contribution is -2.25. The molecule has 1 rings (SSSR count). The van der Waals surface area contributed by atoms with Gasteiger partial charge in [-0.05, 0) is 18.6 Å². The Bertz CT molecular complexity index is 419. The van der Waals surface area contributed by atoms with Crippen molar-refractivity contribution in [3.05, 3.63) is 34.4 Å². The van der Waals surface area contributed by atoms with Gasteiger partial charge in [0.2, 0.25) is 0 Å². The van der Waals surface area contributed by atoms with Crippen molar-refractivity contribution < 1.29 is 10.1 Å². The summed E-state index contributed by atoms with van der Waals surface area (Å²) in [7, 11) is 0. The van der Waals surface area contributed by atoms with E-state index in [0.29, 0.717) is 6.42 Å². The van der Waals surface area contributed by atoms with E-state index in [1.807, 2.05) is 6.92 Å². The molecule has 0 amide bonds. The fourth-order valence-corrected chi connectivity index (χ4v) is 2.18. The van der Waals surface area contributed by atoms with Crippen LogP contribution in [0.25, 0.3) is 0 Å². The number of amidine groups is 1. The van der Waals surface area contributed by atoms with Gasteiger partial charge in [0.05, 0.1) is 10.2 Å². The van der Waals surface area contributed by atoms with Crippen LogP contribution in [0.5, 0.6) is 0 Å². The number of rotatable bonds is 5. The highest BCUT2D eigenvalue weighted by Crippen LogP contribution is 2.27. The fraction of sp³-hybridized carbons (Fsp3) is 0.300. The molecule has 0 bridgehead atoms. The van der Waals surface area contributed by atoms with E-state index in [4.69, 9.17) is 10.9 Å². The summed E-state index contributed by atoms with van der Waals surface area (Å²) >= 11 is 1.40. The molecule has 92 valence electrons. The lowest BCUT2D eigenvalue weighted by molar-refractivity contribution is -0.384. The largest absolute Gasteiger partial charge is 0.409 e. The van der Waals surface area contributed by atoms with Gasteiger partial charge in [-0.1, -0.05) is 12.1 Å². The molecule has 1 atom stereocenters. The Morgan fingerprint density at radius 2 is 2.18 bits per heavy atom. The van der Waals surface area contributed by atoms with E-state index in [0.717, 1.165) is 4.90 Å². The second-order valence-electron chi connectivity index (χ2n) is 3.29. The molecule has 1 unspecified atom stereocenters. The lowest BCUT2D eigenvalue weighted by atomic mass is 10.3. The van der Waals surface area contributed by atoms with Crippen LogP contribution in [0.2, 0.25) is 0 Å². The number of nitro groups is 1. The van der Waals surface area contributed by atoms with Crippen molar-refractivity contribution in [1.82, 2.24) is 0 Å². The van der Waals surface area contributed by atoms with E-state index in [2.05, 4.69) is 5.16 Å².